The van der Waals surface area contributed by atoms with E-state index in [1.54, 1.807) is 0 Å². The minimum absolute atomic E-state index is 0.0659. The number of hydrogen-bond acceptors (Lipinski definition) is 3. The van der Waals surface area contributed by atoms with Crippen molar-refractivity contribution in [2.24, 2.45) is 17.3 Å². The van der Waals surface area contributed by atoms with Crippen LogP contribution in [0.4, 0.5) is 0 Å². The Morgan fingerprint density at radius 2 is 1.62 bits per heavy atom. The number of hydrogen-bond donors (Lipinski definition) is 0. The van der Waals surface area contributed by atoms with Gasteiger partial charge < -0.3 is 9.32 Å². The van der Waals surface area contributed by atoms with Crippen molar-refractivity contribution in [2.45, 2.75) is 74.1 Å². The Morgan fingerprint density at radius 3 is 2.12 bits per heavy atom. The quantitative estimate of drug-likeness (QED) is 0.664. The Morgan fingerprint density at radius 1 is 1.08 bits per heavy atom. The number of furan rings is 1. The van der Waals surface area contributed by atoms with Crippen LogP contribution < -0.4 is 0 Å². The summed E-state index contributed by atoms with van der Waals surface area (Å²) >= 11 is 0. The maximum Gasteiger partial charge on any atom is 0.289 e. The third-order valence-corrected chi connectivity index (χ3v) is 5.21. The molecule has 1 amide bonds. The molecular weight excluding hydrogens is 326 g/mol. The zero-order valence-corrected chi connectivity index (χ0v) is 17.6. The fourth-order valence-electron chi connectivity index (χ4n) is 3.57. The van der Waals surface area contributed by atoms with Gasteiger partial charge in [-0.05, 0) is 37.0 Å². The molecule has 1 aromatic rings. The van der Waals surface area contributed by atoms with Crippen molar-refractivity contribution in [3.05, 3.63) is 22.6 Å². The summed E-state index contributed by atoms with van der Waals surface area (Å²) in [4.78, 5) is 27.7. The summed E-state index contributed by atoms with van der Waals surface area (Å²) in [6.07, 6.45) is 3.16. The highest BCUT2D eigenvalue weighted by Gasteiger charge is 2.37. The third-order valence-electron chi connectivity index (χ3n) is 5.21. The van der Waals surface area contributed by atoms with E-state index in [0.29, 0.717) is 41.8 Å². The predicted molar refractivity (Wildman–Crippen MR) is 105 cm³/mol. The highest BCUT2D eigenvalue weighted by Crippen LogP contribution is 2.38. The highest BCUT2D eigenvalue weighted by atomic mass is 16.4. The maximum atomic E-state index is 13.2. The molecule has 0 unspecified atom stereocenters. The Bertz CT molecular complexity index is 655. The van der Waals surface area contributed by atoms with Crippen molar-refractivity contribution in [1.82, 2.24) is 4.90 Å². The van der Waals surface area contributed by atoms with Crippen molar-refractivity contribution >= 4 is 11.7 Å². The second-order valence-electron chi connectivity index (χ2n) is 9.45. The Balaban J connectivity index is 2.29. The summed E-state index contributed by atoms with van der Waals surface area (Å²) in [6, 6.07) is 0. The van der Waals surface area contributed by atoms with Crippen molar-refractivity contribution in [3.8, 4) is 0 Å². The van der Waals surface area contributed by atoms with Gasteiger partial charge >= 0.3 is 0 Å². The second-order valence-corrected chi connectivity index (χ2v) is 9.45. The highest BCUT2D eigenvalue weighted by molar-refractivity contribution is 6.03. The van der Waals surface area contributed by atoms with Crippen LogP contribution in [0.2, 0.25) is 0 Å². The molecular formula is C22H35NO3. The summed E-state index contributed by atoms with van der Waals surface area (Å²) in [5.41, 5.74) is 1.27. The first kappa shape index (κ1) is 20.7. The number of nitrogens with zero attached hydrogens (tertiary/aromatic N) is 1. The van der Waals surface area contributed by atoms with Crippen molar-refractivity contribution in [3.63, 3.8) is 0 Å². The van der Waals surface area contributed by atoms with Crippen LogP contribution >= 0.6 is 0 Å². The van der Waals surface area contributed by atoms with E-state index < -0.39 is 0 Å². The Labute approximate surface area is 158 Å². The molecule has 0 fully saturated rings. The molecule has 0 atom stereocenters. The van der Waals surface area contributed by atoms with Gasteiger partial charge in [0, 0.05) is 31.5 Å². The third kappa shape index (κ3) is 4.77. The molecule has 0 aromatic carbocycles. The number of carbonyl (C=O) groups is 2. The lowest BCUT2D eigenvalue weighted by atomic mass is 9.76. The van der Waals surface area contributed by atoms with Crippen LogP contribution in [-0.2, 0) is 6.42 Å². The van der Waals surface area contributed by atoms with Gasteiger partial charge in [-0.3, -0.25) is 9.59 Å². The minimum Gasteiger partial charge on any atom is -0.455 e. The van der Waals surface area contributed by atoms with Crippen LogP contribution in [0.5, 0.6) is 0 Å². The normalized spacial score (nSPS) is 16.3. The van der Waals surface area contributed by atoms with E-state index in [1.807, 2.05) is 11.8 Å². The van der Waals surface area contributed by atoms with Gasteiger partial charge in [-0.15, -0.1) is 0 Å². The molecule has 1 aromatic heterocycles. The fourth-order valence-corrected chi connectivity index (χ4v) is 3.57. The van der Waals surface area contributed by atoms with Crippen LogP contribution in [0.3, 0.4) is 0 Å². The monoisotopic (exact) mass is 361 g/mol. The van der Waals surface area contributed by atoms with Crippen LogP contribution in [0.25, 0.3) is 0 Å². The van der Waals surface area contributed by atoms with E-state index in [4.69, 9.17) is 4.42 Å². The summed E-state index contributed by atoms with van der Waals surface area (Å²) in [7, 11) is 0. The number of rotatable bonds is 7. The molecule has 0 spiro atoms. The van der Waals surface area contributed by atoms with Gasteiger partial charge in [0.2, 0.25) is 0 Å². The average molecular weight is 362 g/mol. The zero-order valence-electron chi connectivity index (χ0n) is 17.6. The molecule has 1 aliphatic rings. The van der Waals surface area contributed by atoms with Crippen LogP contribution in [0, 0.1) is 24.2 Å². The molecule has 2 rings (SSSR count). The van der Waals surface area contributed by atoms with E-state index >= 15 is 0 Å². The van der Waals surface area contributed by atoms with Gasteiger partial charge in [0.15, 0.2) is 11.5 Å². The van der Waals surface area contributed by atoms with Crippen LogP contribution in [0.15, 0.2) is 4.42 Å². The number of carbonyl (C=O) groups excluding carboxylic acids is 2. The van der Waals surface area contributed by atoms with Crippen LogP contribution in [-0.4, -0.2) is 29.7 Å². The maximum absolute atomic E-state index is 13.2. The van der Waals surface area contributed by atoms with Crippen LogP contribution in [0.1, 0.15) is 93.0 Å². The largest absolute Gasteiger partial charge is 0.455 e. The number of Topliss-reactive ketones (excluding diaryl/α,β-unsaturated/α-hetero) is 1. The van der Waals surface area contributed by atoms with E-state index in [2.05, 4.69) is 41.5 Å². The van der Waals surface area contributed by atoms with Gasteiger partial charge in [-0.1, -0.05) is 41.5 Å². The lowest BCUT2D eigenvalue weighted by molar-refractivity contribution is 0.0702. The first-order valence-corrected chi connectivity index (χ1v) is 9.96. The molecule has 146 valence electrons. The first-order chi connectivity index (χ1) is 12.0. The van der Waals surface area contributed by atoms with Gasteiger partial charge in [0.25, 0.3) is 5.91 Å². The average Bonchev–Trinajstić information content (AvgIpc) is 2.81. The first-order valence-electron chi connectivity index (χ1n) is 9.96. The van der Waals surface area contributed by atoms with Gasteiger partial charge in [-0.25, -0.2) is 0 Å². The van der Waals surface area contributed by atoms with Crippen molar-refractivity contribution in [1.29, 1.82) is 0 Å². The fraction of sp³-hybridized carbons (Fsp3) is 0.727. The molecule has 0 saturated heterocycles. The molecule has 0 saturated carbocycles. The predicted octanol–water partition coefficient (Wildman–Crippen LogP) is 5.28. The Hall–Kier alpha value is -1.58. The van der Waals surface area contributed by atoms with Crippen molar-refractivity contribution in [2.75, 3.05) is 13.1 Å². The molecule has 26 heavy (non-hydrogen) atoms. The van der Waals surface area contributed by atoms with E-state index in [9.17, 15) is 9.59 Å². The molecule has 1 heterocycles. The summed E-state index contributed by atoms with van der Waals surface area (Å²) in [6.45, 7) is 16.1. The molecule has 0 radical (unpaired) electrons. The summed E-state index contributed by atoms with van der Waals surface area (Å²) < 4.78 is 5.99. The van der Waals surface area contributed by atoms with E-state index in [1.165, 1.54) is 0 Å². The summed E-state index contributed by atoms with van der Waals surface area (Å²) in [5, 5.41) is 0. The minimum atomic E-state index is -0.107. The smallest absolute Gasteiger partial charge is 0.289 e. The second kappa shape index (κ2) is 7.98. The lowest BCUT2D eigenvalue weighted by Crippen LogP contribution is -2.34. The standard InChI is InChI=1S/C22H35NO3/c1-14(2)8-10-23(11-9-15(3)4)21(25)20-16(5)19-17(24)12-22(6,7)13-18(19)26-20/h14-15H,8-13H2,1-7H3. The topological polar surface area (TPSA) is 50.5 Å². The number of amides is 1. The molecule has 4 heteroatoms. The van der Waals surface area contributed by atoms with Gasteiger partial charge in [0.1, 0.15) is 5.76 Å². The molecule has 1 aliphatic carbocycles. The molecule has 0 aliphatic heterocycles. The Kier molecular flexibility index (Phi) is 6.36. The lowest BCUT2D eigenvalue weighted by Gasteiger charge is -2.27. The van der Waals surface area contributed by atoms with Crippen molar-refractivity contribution < 1.29 is 14.0 Å². The van der Waals surface area contributed by atoms with E-state index in [0.717, 1.165) is 31.5 Å². The zero-order chi connectivity index (χ0) is 19.6. The molecule has 0 N–H and O–H groups in total. The summed E-state index contributed by atoms with van der Waals surface area (Å²) in [5.74, 6) is 2.18. The van der Waals surface area contributed by atoms with Gasteiger partial charge in [-0.2, -0.15) is 0 Å². The number of ketones is 1. The molecule has 4 nitrogen and oxygen atoms in total. The SMILES string of the molecule is Cc1c(C(=O)N(CCC(C)C)CCC(C)C)oc2c1C(=O)CC(C)(C)C2. The van der Waals surface area contributed by atoms with E-state index in [-0.39, 0.29) is 17.1 Å². The molecule has 0 bridgehead atoms. The number of fused-ring (bicyclic) bond motifs is 1. The van der Waals surface area contributed by atoms with Gasteiger partial charge in [0.05, 0.1) is 5.56 Å².